The highest BCUT2D eigenvalue weighted by molar-refractivity contribution is 9.11. The molecule has 0 aliphatic heterocycles. The normalized spacial score (nSPS) is 10.7. The molecule has 2 N–H and O–H groups in total. The maximum Gasteiger partial charge on any atom is 0.259 e. The van der Waals surface area contributed by atoms with Crippen LogP contribution in [0.4, 0.5) is 5.69 Å². The zero-order valence-corrected chi connectivity index (χ0v) is 19.7. The average Bonchev–Trinajstić information content (AvgIpc) is 2.67. The second-order valence-corrected chi connectivity index (χ2v) is 8.91. The van der Waals surface area contributed by atoms with E-state index in [1.165, 1.54) is 18.2 Å². The number of rotatable bonds is 4. The maximum absolute atomic E-state index is 12.8. The second kappa shape index (κ2) is 9.06. The third-order valence-corrected chi connectivity index (χ3v) is 5.85. The number of halogens is 5. The van der Waals surface area contributed by atoms with E-state index in [9.17, 15) is 14.7 Å². The van der Waals surface area contributed by atoms with E-state index in [0.717, 1.165) is 0 Å². The van der Waals surface area contributed by atoms with Crippen LogP contribution in [0.1, 0.15) is 26.3 Å². The molecule has 3 rings (SSSR count). The Morgan fingerprint density at radius 3 is 2.17 bits per heavy atom. The third kappa shape index (κ3) is 4.95. The summed E-state index contributed by atoms with van der Waals surface area (Å²) in [6, 6.07) is 12.2. The molecular weight excluding hydrogens is 568 g/mol. The van der Waals surface area contributed by atoms with E-state index in [4.69, 9.17) is 34.8 Å². The summed E-state index contributed by atoms with van der Waals surface area (Å²) in [5, 5.41) is 13.5. The molecular formula is C20H10Br2Cl3NO3. The van der Waals surface area contributed by atoms with Crippen LogP contribution in [0.15, 0.2) is 57.5 Å². The largest absolute Gasteiger partial charge is 0.506 e. The SMILES string of the molecule is O=C(Nc1cc(Cl)cc(C(=O)c2ccc(Cl)cc2)c1Cl)c1cc(Br)cc(Br)c1O. The fourth-order valence-corrected chi connectivity index (χ4v) is 4.34. The van der Waals surface area contributed by atoms with Gasteiger partial charge in [0.1, 0.15) is 5.75 Å². The van der Waals surface area contributed by atoms with Crippen LogP contribution in [0.3, 0.4) is 0 Å². The van der Waals surface area contributed by atoms with Gasteiger partial charge >= 0.3 is 0 Å². The summed E-state index contributed by atoms with van der Waals surface area (Å²) in [6.07, 6.45) is 0. The van der Waals surface area contributed by atoms with Gasteiger partial charge in [-0.2, -0.15) is 0 Å². The summed E-state index contributed by atoms with van der Waals surface area (Å²) >= 11 is 24.8. The van der Waals surface area contributed by atoms with Crippen LogP contribution in [0, 0.1) is 0 Å². The van der Waals surface area contributed by atoms with Crippen molar-refractivity contribution in [3.8, 4) is 5.75 Å². The minimum absolute atomic E-state index is 0.00729. The first-order valence-electron chi connectivity index (χ1n) is 7.96. The number of amides is 1. The first-order valence-corrected chi connectivity index (χ1v) is 10.7. The molecule has 0 saturated heterocycles. The highest BCUT2D eigenvalue weighted by Gasteiger charge is 2.20. The number of hydrogen-bond donors (Lipinski definition) is 2. The van der Waals surface area contributed by atoms with E-state index < -0.39 is 5.91 Å². The standard InChI is InChI=1S/C20H10Br2Cl3NO3/c21-10-5-14(19(28)15(22)6-10)20(29)26-16-8-12(24)7-13(17(16)25)18(27)9-1-3-11(23)4-2-9/h1-8,28H,(H,26,29). The molecule has 0 saturated carbocycles. The number of carbonyl (C=O) groups is 2. The van der Waals surface area contributed by atoms with Crippen LogP contribution in [0.5, 0.6) is 5.75 Å². The lowest BCUT2D eigenvalue weighted by molar-refractivity contribution is 0.101. The number of carbonyl (C=O) groups excluding carboxylic acids is 2. The van der Waals surface area contributed by atoms with Crippen molar-refractivity contribution < 1.29 is 14.7 Å². The van der Waals surface area contributed by atoms with Crippen molar-refractivity contribution in [2.45, 2.75) is 0 Å². The maximum atomic E-state index is 12.8. The van der Waals surface area contributed by atoms with Gasteiger partial charge in [-0.1, -0.05) is 50.7 Å². The molecule has 1 amide bonds. The van der Waals surface area contributed by atoms with Gasteiger partial charge in [-0.25, -0.2) is 0 Å². The quantitative estimate of drug-likeness (QED) is 0.318. The number of phenolic OH excluding ortho intramolecular Hbond substituents is 1. The number of hydrogen-bond acceptors (Lipinski definition) is 3. The molecule has 3 aromatic rings. The lowest BCUT2D eigenvalue weighted by Gasteiger charge is -2.13. The van der Waals surface area contributed by atoms with Crippen molar-refractivity contribution in [3.63, 3.8) is 0 Å². The Kier molecular flexibility index (Phi) is 6.91. The van der Waals surface area contributed by atoms with Crippen molar-refractivity contribution in [3.05, 3.63) is 89.2 Å². The van der Waals surface area contributed by atoms with Gasteiger partial charge in [0.2, 0.25) is 0 Å². The van der Waals surface area contributed by atoms with Crippen molar-refractivity contribution in [1.29, 1.82) is 0 Å². The highest BCUT2D eigenvalue weighted by atomic mass is 79.9. The minimum Gasteiger partial charge on any atom is -0.506 e. The van der Waals surface area contributed by atoms with E-state index in [1.807, 2.05) is 0 Å². The summed E-state index contributed by atoms with van der Waals surface area (Å²) in [4.78, 5) is 25.5. The molecule has 0 unspecified atom stereocenters. The lowest BCUT2D eigenvalue weighted by atomic mass is 10.0. The average molecular weight is 578 g/mol. The molecule has 0 fully saturated rings. The van der Waals surface area contributed by atoms with E-state index in [1.54, 1.807) is 30.3 Å². The molecule has 29 heavy (non-hydrogen) atoms. The van der Waals surface area contributed by atoms with Gasteiger partial charge in [-0.15, -0.1) is 0 Å². The van der Waals surface area contributed by atoms with Gasteiger partial charge in [-0.3, -0.25) is 9.59 Å². The minimum atomic E-state index is -0.626. The predicted molar refractivity (Wildman–Crippen MR) is 123 cm³/mol. The summed E-state index contributed by atoms with van der Waals surface area (Å²) in [5.74, 6) is -1.24. The molecule has 9 heteroatoms. The highest BCUT2D eigenvalue weighted by Crippen LogP contribution is 2.35. The Balaban J connectivity index is 1.98. The first kappa shape index (κ1) is 22.1. The zero-order valence-electron chi connectivity index (χ0n) is 14.3. The van der Waals surface area contributed by atoms with E-state index in [-0.39, 0.29) is 38.4 Å². The topological polar surface area (TPSA) is 66.4 Å². The smallest absolute Gasteiger partial charge is 0.259 e. The van der Waals surface area contributed by atoms with Crippen LogP contribution in [-0.4, -0.2) is 16.8 Å². The predicted octanol–water partition coefficient (Wildman–Crippen LogP) is 7.36. The summed E-state index contributed by atoms with van der Waals surface area (Å²) in [7, 11) is 0. The summed E-state index contributed by atoms with van der Waals surface area (Å²) < 4.78 is 0.927. The van der Waals surface area contributed by atoms with Gasteiger partial charge in [0.05, 0.1) is 20.7 Å². The number of anilines is 1. The van der Waals surface area contributed by atoms with Crippen molar-refractivity contribution in [2.75, 3.05) is 5.32 Å². The molecule has 0 bridgehead atoms. The molecule has 0 aromatic heterocycles. The number of aromatic hydroxyl groups is 1. The van der Waals surface area contributed by atoms with Crippen LogP contribution >= 0.6 is 66.7 Å². The third-order valence-electron chi connectivity index (χ3n) is 3.91. The van der Waals surface area contributed by atoms with Gasteiger partial charge < -0.3 is 10.4 Å². The number of nitrogens with one attached hydrogen (secondary N) is 1. The van der Waals surface area contributed by atoms with Crippen LogP contribution < -0.4 is 5.32 Å². The van der Waals surface area contributed by atoms with Crippen LogP contribution in [0.2, 0.25) is 15.1 Å². The molecule has 148 valence electrons. The zero-order chi connectivity index (χ0) is 21.3. The van der Waals surface area contributed by atoms with Gasteiger partial charge in [0.15, 0.2) is 5.78 Å². The summed E-state index contributed by atoms with van der Waals surface area (Å²) in [5.41, 5.74) is 0.630. The Morgan fingerprint density at radius 2 is 1.52 bits per heavy atom. The molecule has 0 aliphatic carbocycles. The van der Waals surface area contributed by atoms with E-state index in [2.05, 4.69) is 37.2 Å². The Bertz CT molecular complexity index is 1130. The van der Waals surface area contributed by atoms with Crippen LogP contribution in [0.25, 0.3) is 0 Å². The molecule has 0 aliphatic rings. The van der Waals surface area contributed by atoms with Crippen molar-refractivity contribution in [2.24, 2.45) is 0 Å². The van der Waals surface area contributed by atoms with Crippen molar-refractivity contribution >= 4 is 84.0 Å². The van der Waals surface area contributed by atoms with Gasteiger partial charge in [-0.05, 0) is 64.5 Å². The summed E-state index contributed by atoms with van der Waals surface area (Å²) in [6.45, 7) is 0. The molecule has 0 atom stereocenters. The van der Waals surface area contributed by atoms with Gasteiger partial charge in [0.25, 0.3) is 5.91 Å². The van der Waals surface area contributed by atoms with Crippen molar-refractivity contribution in [1.82, 2.24) is 0 Å². The Labute approximate surface area is 198 Å². The van der Waals surface area contributed by atoms with Gasteiger partial charge in [0, 0.05) is 25.6 Å². The molecule has 3 aromatic carbocycles. The lowest BCUT2D eigenvalue weighted by Crippen LogP contribution is -2.14. The fourth-order valence-electron chi connectivity index (χ4n) is 2.53. The van der Waals surface area contributed by atoms with E-state index >= 15 is 0 Å². The number of phenols is 1. The first-order chi connectivity index (χ1) is 13.7. The fraction of sp³-hybridized carbons (Fsp3) is 0. The Morgan fingerprint density at radius 1 is 0.862 bits per heavy atom. The number of ketones is 1. The van der Waals surface area contributed by atoms with Crippen LogP contribution in [-0.2, 0) is 0 Å². The Hall–Kier alpha value is -1.57. The molecule has 4 nitrogen and oxygen atoms in total. The monoisotopic (exact) mass is 575 g/mol. The molecule has 0 heterocycles. The molecule has 0 radical (unpaired) electrons. The number of benzene rings is 3. The van der Waals surface area contributed by atoms with E-state index in [0.29, 0.717) is 19.5 Å². The second-order valence-electron chi connectivity index (χ2n) is 5.89. The molecule has 0 spiro atoms.